The van der Waals surface area contributed by atoms with Crippen LogP contribution in [0.2, 0.25) is 0 Å². The third kappa shape index (κ3) is 6.75. The first-order valence-corrected chi connectivity index (χ1v) is 25.2. The van der Waals surface area contributed by atoms with Gasteiger partial charge in [0, 0.05) is 0 Å². The maximum absolute atomic E-state index is 6.32. The van der Waals surface area contributed by atoms with Crippen LogP contribution in [0.3, 0.4) is 0 Å². The minimum atomic E-state index is -0.0578. The predicted molar refractivity (Wildman–Crippen MR) is 268 cm³/mol. The zero-order valence-corrected chi connectivity index (χ0v) is 44.1. The Bertz CT molecular complexity index is 3700. The molecule has 7 heterocycles. The summed E-state index contributed by atoms with van der Waals surface area (Å²) in [6, 6.07) is 66.9. The molecule has 0 spiro atoms. The summed E-state index contributed by atoms with van der Waals surface area (Å²) < 4.78 is 14.7. The second-order valence-electron chi connectivity index (χ2n) is 17.2. The third-order valence-electron chi connectivity index (χ3n) is 13.3. The first-order chi connectivity index (χ1) is 33.0. The van der Waals surface area contributed by atoms with Crippen LogP contribution in [0.4, 0.5) is 0 Å². The van der Waals surface area contributed by atoms with E-state index in [1.54, 1.807) is 0 Å². The molecule has 69 heavy (non-hydrogen) atoms. The first-order valence-electron chi connectivity index (χ1n) is 21.9. The van der Waals surface area contributed by atoms with E-state index in [-0.39, 0.29) is 55.6 Å². The van der Waals surface area contributed by atoms with E-state index < -0.39 is 0 Å². The Morgan fingerprint density at radius 3 is 1.35 bits per heavy atom. The number of rotatable bonds is 4. The number of imidazole rings is 2. The van der Waals surface area contributed by atoms with Gasteiger partial charge in [0.05, 0.1) is 36.2 Å². The van der Waals surface area contributed by atoms with Crippen LogP contribution in [0, 0.1) is 49.2 Å². The molecule has 15 rings (SSSR count). The van der Waals surface area contributed by atoms with Crippen molar-refractivity contribution in [1.82, 2.24) is 9.13 Å². The molecule has 0 N–H and O–H groups in total. The topological polar surface area (TPSA) is 30.8 Å². The van der Waals surface area contributed by atoms with Gasteiger partial charge in [0.2, 0.25) is 19.4 Å². The molecular formula is C56H28B2N4OPt2S4+2. The van der Waals surface area contributed by atoms with Crippen LogP contribution in [-0.2, 0) is 56.2 Å². The maximum atomic E-state index is 6.32. The standard InChI is InChI=1S/C56H28B2N4OS4.2Pt/c1-59-31-61(44-11-5-3-9-42(44)59)36-19-23-49-40(28-36)57-38-25-33(17-21-47(38)64-51-13-7-15-53(66-49)55(51)57)35-27-46(63-30-35)34-18-22-48-39(26-34)58-41-29-37(62-32-60(2)43-10-4-6-12-45(43)62)20-24-50(41)67-54-16-8-14-52(65-48)56(54)58;;/h3-24H,1-2H3;;/q-6;2*+4. The Labute approximate surface area is 445 Å². The van der Waals surface area contributed by atoms with E-state index in [0.29, 0.717) is 5.76 Å². The molecule has 0 radical (unpaired) electrons. The molecule has 5 nitrogen and oxygen atoms in total. The molecule has 11 aromatic rings. The maximum Gasteiger partial charge on any atom is 4.00 e. The SMILES string of the molecule is C[n+]1[c-]n(-c2[c-]c3c(cc2)Sc2cccc4c2B3c2[c-]c(-c3[c-]oc(-c5[c-]c6c(cc5)Sc5cccc7c5B6c5[c-]c(-n6[c-][n+](C)c8ccccc86)ccc5S7)[c-]3)ccc2S4)c2ccccc21.[Pt+4].[Pt+4]. The summed E-state index contributed by atoms with van der Waals surface area (Å²) in [7, 11) is 4.08. The predicted octanol–water partition coefficient (Wildman–Crippen LogP) is 7.44. The van der Waals surface area contributed by atoms with Crippen molar-refractivity contribution >= 4 is 115 Å². The van der Waals surface area contributed by atoms with E-state index in [1.165, 1.54) is 50.1 Å². The van der Waals surface area contributed by atoms with Crippen LogP contribution in [0.25, 0.3) is 55.9 Å². The molecule has 0 atom stereocenters. The van der Waals surface area contributed by atoms with Gasteiger partial charge in [-0.05, 0) is 54.8 Å². The van der Waals surface area contributed by atoms with E-state index >= 15 is 0 Å². The number of para-hydroxylation sites is 4. The number of fused-ring (bicyclic) bond motifs is 10. The molecule has 3 aromatic heterocycles. The zero-order valence-electron chi connectivity index (χ0n) is 36.3. The summed E-state index contributed by atoms with van der Waals surface area (Å²) in [4.78, 5) is 9.86. The fourth-order valence-electron chi connectivity index (χ4n) is 10.3. The summed E-state index contributed by atoms with van der Waals surface area (Å²) in [5.74, 6) is 0.597. The number of hydrogen-bond donors (Lipinski definition) is 0. The second-order valence-corrected chi connectivity index (χ2v) is 21.5. The minimum Gasteiger partial charge on any atom is -0.631 e. The Hall–Kier alpha value is -5.11. The number of benzene rings is 8. The van der Waals surface area contributed by atoms with Crippen LogP contribution in [-0.4, -0.2) is 22.6 Å². The molecule has 4 aliphatic rings. The van der Waals surface area contributed by atoms with Gasteiger partial charge in [-0.15, -0.1) is 74.9 Å². The van der Waals surface area contributed by atoms with Gasteiger partial charge in [-0.25, -0.2) is 12.1 Å². The van der Waals surface area contributed by atoms with Gasteiger partial charge < -0.3 is 39.9 Å². The van der Waals surface area contributed by atoms with Crippen molar-refractivity contribution in [1.29, 1.82) is 0 Å². The molecule has 0 saturated carbocycles. The Morgan fingerprint density at radius 1 is 0.435 bits per heavy atom. The quantitative estimate of drug-likeness (QED) is 0.104. The number of nitrogens with zero attached hydrogens (tertiary/aromatic N) is 4. The zero-order chi connectivity index (χ0) is 44.1. The first kappa shape index (κ1) is 43.9. The second kappa shape index (κ2) is 16.8. The van der Waals surface area contributed by atoms with Gasteiger partial charge in [-0.3, -0.25) is 0 Å². The normalized spacial score (nSPS) is 13.4. The van der Waals surface area contributed by atoms with Gasteiger partial charge in [-0.2, -0.15) is 76.3 Å². The summed E-state index contributed by atoms with van der Waals surface area (Å²) in [5.41, 5.74) is 16.0. The van der Waals surface area contributed by atoms with Crippen molar-refractivity contribution in [2.24, 2.45) is 14.1 Å². The van der Waals surface area contributed by atoms with Crippen molar-refractivity contribution in [3.8, 4) is 33.8 Å². The molecular weight excluding hydrogens is 1280 g/mol. The summed E-state index contributed by atoms with van der Waals surface area (Å²) in [5, 5.41) is 0. The van der Waals surface area contributed by atoms with Crippen molar-refractivity contribution in [2.45, 2.75) is 39.2 Å². The van der Waals surface area contributed by atoms with Gasteiger partial charge in [0.25, 0.3) is 0 Å². The average molecular weight is 1310 g/mol. The Balaban J connectivity index is 0.00000234. The number of furan rings is 1. The van der Waals surface area contributed by atoms with Crippen LogP contribution in [0.1, 0.15) is 0 Å². The van der Waals surface area contributed by atoms with E-state index in [9.17, 15) is 0 Å². The largest absolute Gasteiger partial charge is 4.00 e. The van der Waals surface area contributed by atoms with Crippen molar-refractivity contribution in [2.75, 3.05) is 0 Å². The van der Waals surface area contributed by atoms with Gasteiger partial charge in [-0.1, -0.05) is 87.6 Å². The molecule has 326 valence electrons. The van der Waals surface area contributed by atoms with Crippen LogP contribution >= 0.6 is 47.0 Å². The van der Waals surface area contributed by atoms with Crippen LogP contribution in [0.5, 0.6) is 0 Å². The molecule has 0 saturated heterocycles. The van der Waals surface area contributed by atoms with Crippen LogP contribution < -0.4 is 41.9 Å². The summed E-state index contributed by atoms with van der Waals surface area (Å²) in [6.07, 6.45) is 10.3. The third-order valence-corrected chi connectivity index (χ3v) is 17.9. The van der Waals surface area contributed by atoms with Crippen LogP contribution in [0.15, 0.2) is 177 Å². The summed E-state index contributed by atoms with van der Waals surface area (Å²) >= 11 is 7.28. The van der Waals surface area contributed by atoms with E-state index in [4.69, 9.17) is 4.42 Å². The monoisotopic (exact) mass is 1310 g/mol. The summed E-state index contributed by atoms with van der Waals surface area (Å²) in [6.45, 7) is -0.108. The molecule has 0 bridgehead atoms. The van der Waals surface area contributed by atoms with Crippen molar-refractivity contribution in [3.05, 3.63) is 183 Å². The Morgan fingerprint density at radius 2 is 0.855 bits per heavy atom. The van der Waals surface area contributed by atoms with E-state index in [2.05, 4.69) is 192 Å². The average Bonchev–Trinajstić information content (AvgIpc) is 4.09. The molecule has 0 unspecified atom stereocenters. The van der Waals surface area contributed by atoms with Crippen molar-refractivity contribution in [3.63, 3.8) is 0 Å². The number of aryl methyl sites for hydroxylation is 2. The Kier molecular flexibility index (Phi) is 10.7. The number of aromatic nitrogens is 4. The molecule has 8 aromatic carbocycles. The van der Waals surface area contributed by atoms with E-state index in [0.717, 1.165) is 72.0 Å². The fourth-order valence-corrected chi connectivity index (χ4v) is 15.0. The molecule has 0 amide bonds. The van der Waals surface area contributed by atoms with Crippen molar-refractivity contribution < 1.29 is 55.7 Å². The fraction of sp³-hybridized carbons (Fsp3) is 0.0357. The molecule has 0 fully saturated rings. The van der Waals surface area contributed by atoms with Gasteiger partial charge in [0.1, 0.15) is 0 Å². The van der Waals surface area contributed by atoms with Gasteiger partial charge >= 0.3 is 42.1 Å². The van der Waals surface area contributed by atoms with E-state index in [1.807, 2.05) is 70.3 Å². The molecule has 4 aliphatic heterocycles. The molecule has 0 aliphatic carbocycles. The number of hydrogen-bond acceptors (Lipinski definition) is 5. The molecule has 13 heteroatoms. The smallest absolute Gasteiger partial charge is 0.631 e. The minimum absolute atomic E-state index is 0. The van der Waals surface area contributed by atoms with Gasteiger partial charge in [0.15, 0.2) is 6.71 Å².